The highest BCUT2D eigenvalue weighted by atomic mass is 32.1. The van der Waals surface area contributed by atoms with Crippen LogP contribution in [0, 0.1) is 12.8 Å². The molecule has 6 heteroatoms. The van der Waals surface area contributed by atoms with Crippen molar-refractivity contribution in [2.45, 2.75) is 32.7 Å². The van der Waals surface area contributed by atoms with Crippen molar-refractivity contribution in [3.63, 3.8) is 0 Å². The maximum Gasteiger partial charge on any atom is 0.223 e. The third kappa shape index (κ3) is 4.54. The van der Waals surface area contributed by atoms with Gasteiger partial charge in [-0.2, -0.15) is 0 Å². The van der Waals surface area contributed by atoms with Gasteiger partial charge in [0.05, 0.1) is 10.7 Å². The van der Waals surface area contributed by atoms with Gasteiger partial charge in [-0.3, -0.25) is 9.69 Å². The molecule has 5 nitrogen and oxygen atoms in total. The van der Waals surface area contributed by atoms with Gasteiger partial charge in [0, 0.05) is 31.0 Å². The minimum Gasteiger partial charge on any atom is -0.396 e. The van der Waals surface area contributed by atoms with Gasteiger partial charge >= 0.3 is 0 Å². The van der Waals surface area contributed by atoms with Crippen LogP contribution in [-0.4, -0.2) is 47.1 Å². The molecule has 1 aromatic rings. The number of aliphatic hydroxyl groups is 1. The number of rotatable bonds is 6. The summed E-state index contributed by atoms with van der Waals surface area (Å²) >= 11 is 1.69. The number of carbonyl (C=O) groups excluding carboxylic acids is 1. The molecule has 0 radical (unpaired) electrons. The standard InChI is InChI=1S/C14H23N3O2S/c1-11-16-13(10-20-11)9-17-6-3-12(4-7-17)14(19)15-5-2-8-18/h10,12,18H,2-9H2,1H3,(H,15,19). The number of nitrogens with one attached hydrogen (secondary N) is 1. The molecule has 0 spiro atoms. The second kappa shape index (κ2) is 7.71. The molecule has 0 unspecified atom stereocenters. The van der Waals surface area contributed by atoms with E-state index in [4.69, 9.17) is 5.11 Å². The molecule has 0 saturated carbocycles. The van der Waals surface area contributed by atoms with E-state index in [1.54, 1.807) is 11.3 Å². The van der Waals surface area contributed by atoms with Gasteiger partial charge in [0.15, 0.2) is 0 Å². The molecule has 1 aromatic heterocycles. The van der Waals surface area contributed by atoms with Crippen molar-refractivity contribution in [1.82, 2.24) is 15.2 Å². The number of thiazole rings is 1. The molecule has 1 aliphatic rings. The summed E-state index contributed by atoms with van der Waals surface area (Å²) in [5, 5.41) is 14.8. The molecular weight excluding hydrogens is 274 g/mol. The lowest BCUT2D eigenvalue weighted by molar-refractivity contribution is -0.126. The molecule has 2 N–H and O–H groups in total. The summed E-state index contributed by atoms with van der Waals surface area (Å²) in [5.74, 6) is 0.268. The van der Waals surface area contributed by atoms with E-state index in [0.717, 1.165) is 43.2 Å². The van der Waals surface area contributed by atoms with Crippen molar-refractivity contribution in [1.29, 1.82) is 0 Å². The van der Waals surface area contributed by atoms with Gasteiger partial charge in [0.2, 0.25) is 5.91 Å². The molecule has 1 fully saturated rings. The molecular formula is C14H23N3O2S. The Balaban J connectivity index is 1.70. The lowest BCUT2D eigenvalue weighted by Gasteiger charge is -2.30. The fraction of sp³-hybridized carbons (Fsp3) is 0.714. The van der Waals surface area contributed by atoms with Crippen molar-refractivity contribution < 1.29 is 9.90 Å². The third-order valence-corrected chi connectivity index (χ3v) is 4.47. The van der Waals surface area contributed by atoms with E-state index in [1.807, 2.05) is 6.92 Å². The largest absolute Gasteiger partial charge is 0.396 e. The normalized spacial score (nSPS) is 17.3. The summed E-state index contributed by atoms with van der Waals surface area (Å²) in [6.45, 7) is 5.53. The first-order valence-corrected chi connectivity index (χ1v) is 8.09. The number of aliphatic hydroxyl groups excluding tert-OH is 1. The number of aromatic nitrogens is 1. The molecule has 0 bridgehead atoms. The Bertz CT molecular complexity index is 428. The van der Waals surface area contributed by atoms with Gasteiger partial charge in [-0.1, -0.05) is 0 Å². The highest BCUT2D eigenvalue weighted by molar-refractivity contribution is 7.09. The summed E-state index contributed by atoms with van der Waals surface area (Å²) in [6.07, 6.45) is 2.45. The molecule has 0 atom stereocenters. The number of amides is 1. The molecule has 112 valence electrons. The Labute approximate surface area is 124 Å². The van der Waals surface area contributed by atoms with Gasteiger partial charge in [-0.25, -0.2) is 4.98 Å². The Morgan fingerprint density at radius 3 is 2.90 bits per heavy atom. The predicted octanol–water partition coefficient (Wildman–Crippen LogP) is 1.16. The highest BCUT2D eigenvalue weighted by Crippen LogP contribution is 2.19. The highest BCUT2D eigenvalue weighted by Gasteiger charge is 2.24. The van der Waals surface area contributed by atoms with E-state index in [9.17, 15) is 4.79 Å². The fourth-order valence-electron chi connectivity index (χ4n) is 2.50. The van der Waals surface area contributed by atoms with Crippen LogP contribution in [0.15, 0.2) is 5.38 Å². The van der Waals surface area contributed by atoms with Crippen molar-refractivity contribution in [2.75, 3.05) is 26.2 Å². The Morgan fingerprint density at radius 2 is 2.30 bits per heavy atom. The average molecular weight is 297 g/mol. The van der Waals surface area contributed by atoms with E-state index >= 15 is 0 Å². The van der Waals surface area contributed by atoms with E-state index in [2.05, 4.69) is 20.6 Å². The van der Waals surface area contributed by atoms with Crippen LogP contribution in [0.5, 0.6) is 0 Å². The van der Waals surface area contributed by atoms with Crippen molar-refractivity contribution in [3.05, 3.63) is 16.1 Å². The first-order chi connectivity index (χ1) is 9.69. The predicted molar refractivity (Wildman–Crippen MR) is 79.6 cm³/mol. The van der Waals surface area contributed by atoms with Gasteiger partial charge in [-0.15, -0.1) is 11.3 Å². The Hall–Kier alpha value is -0.980. The smallest absolute Gasteiger partial charge is 0.223 e. The van der Waals surface area contributed by atoms with Crippen LogP contribution in [-0.2, 0) is 11.3 Å². The van der Waals surface area contributed by atoms with Crippen LogP contribution < -0.4 is 5.32 Å². The molecule has 0 aromatic carbocycles. The summed E-state index contributed by atoms with van der Waals surface area (Å²) in [7, 11) is 0. The zero-order chi connectivity index (χ0) is 14.4. The SMILES string of the molecule is Cc1nc(CN2CCC(C(=O)NCCCO)CC2)cs1. The van der Waals surface area contributed by atoms with Crippen LogP contribution in [0.3, 0.4) is 0 Å². The monoisotopic (exact) mass is 297 g/mol. The zero-order valence-electron chi connectivity index (χ0n) is 12.0. The Kier molecular flexibility index (Phi) is 5.94. The number of carbonyl (C=O) groups is 1. The quantitative estimate of drug-likeness (QED) is 0.774. The zero-order valence-corrected chi connectivity index (χ0v) is 12.8. The number of piperidine rings is 1. The second-order valence-corrected chi connectivity index (χ2v) is 6.34. The minimum atomic E-state index is 0.127. The lowest BCUT2D eigenvalue weighted by Crippen LogP contribution is -2.40. The first-order valence-electron chi connectivity index (χ1n) is 7.21. The van der Waals surface area contributed by atoms with Crippen LogP contribution in [0.1, 0.15) is 30.0 Å². The van der Waals surface area contributed by atoms with Gasteiger partial charge in [-0.05, 0) is 39.3 Å². The molecule has 1 aliphatic heterocycles. The third-order valence-electron chi connectivity index (χ3n) is 3.64. The van der Waals surface area contributed by atoms with Crippen LogP contribution in [0.4, 0.5) is 0 Å². The number of hydrogen-bond acceptors (Lipinski definition) is 5. The van der Waals surface area contributed by atoms with Crippen LogP contribution >= 0.6 is 11.3 Å². The van der Waals surface area contributed by atoms with Crippen LogP contribution in [0.2, 0.25) is 0 Å². The fourth-order valence-corrected chi connectivity index (χ4v) is 3.10. The summed E-state index contributed by atoms with van der Waals surface area (Å²) in [5.41, 5.74) is 1.14. The number of nitrogens with zero attached hydrogens (tertiary/aromatic N) is 2. The number of likely N-dealkylation sites (tertiary alicyclic amines) is 1. The molecule has 2 rings (SSSR count). The number of aryl methyl sites for hydroxylation is 1. The van der Waals surface area contributed by atoms with Crippen molar-refractivity contribution in [3.8, 4) is 0 Å². The summed E-state index contributed by atoms with van der Waals surface area (Å²) in [4.78, 5) is 18.8. The van der Waals surface area contributed by atoms with Crippen molar-refractivity contribution >= 4 is 17.2 Å². The van der Waals surface area contributed by atoms with E-state index < -0.39 is 0 Å². The minimum absolute atomic E-state index is 0.127. The summed E-state index contributed by atoms with van der Waals surface area (Å²) < 4.78 is 0. The average Bonchev–Trinajstić information content (AvgIpc) is 2.85. The molecule has 0 aliphatic carbocycles. The topological polar surface area (TPSA) is 65.5 Å². The molecule has 1 amide bonds. The maximum absolute atomic E-state index is 11.9. The van der Waals surface area contributed by atoms with E-state index in [-0.39, 0.29) is 18.4 Å². The maximum atomic E-state index is 11.9. The van der Waals surface area contributed by atoms with E-state index in [0.29, 0.717) is 13.0 Å². The van der Waals surface area contributed by atoms with Gasteiger partial charge in [0.25, 0.3) is 0 Å². The van der Waals surface area contributed by atoms with E-state index in [1.165, 1.54) is 0 Å². The number of hydrogen-bond donors (Lipinski definition) is 2. The molecule has 1 saturated heterocycles. The van der Waals surface area contributed by atoms with Crippen molar-refractivity contribution in [2.24, 2.45) is 5.92 Å². The van der Waals surface area contributed by atoms with Gasteiger partial charge in [0.1, 0.15) is 0 Å². The first kappa shape index (κ1) is 15.4. The molecule has 2 heterocycles. The van der Waals surface area contributed by atoms with Crippen LogP contribution in [0.25, 0.3) is 0 Å². The lowest BCUT2D eigenvalue weighted by atomic mass is 9.96. The second-order valence-electron chi connectivity index (χ2n) is 5.28. The summed E-state index contributed by atoms with van der Waals surface area (Å²) in [6, 6.07) is 0. The molecule has 20 heavy (non-hydrogen) atoms. The van der Waals surface area contributed by atoms with Gasteiger partial charge < -0.3 is 10.4 Å². The Morgan fingerprint density at radius 1 is 1.55 bits per heavy atom.